The molecule has 0 aliphatic carbocycles. The van der Waals surface area contributed by atoms with Gasteiger partial charge in [-0.3, -0.25) is 10.1 Å². The molecule has 1 aromatic heterocycles. The van der Waals surface area contributed by atoms with Crippen LogP contribution in [0.25, 0.3) is 0 Å². The molecular weight excluding hydrogens is 284 g/mol. The third kappa shape index (κ3) is 3.84. The molecule has 0 saturated carbocycles. The molecule has 0 bridgehead atoms. The van der Waals surface area contributed by atoms with E-state index in [1.807, 2.05) is 34.6 Å². The third-order valence-corrected chi connectivity index (χ3v) is 3.78. The molecule has 0 aliphatic heterocycles. The Hall–Kier alpha value is -0.840. The number of anilines is 1. The molecular formula is C12H19BrN2O2. The largest absolute Gasteiger partial charge is 0.428 e. The second-order valence-electron chi connectivity index (χ2n) is 5.41. The maximum Gasteiger partial charge on any atom is 0.301 e. The molecule has 1 rings (SSSR count). The Bertz CT molecular complexity index is 393. The minimum Gasteiger partial charge on any atom is -0.428 e. The Morgan fingerprint density at radius 2 is 2.06 bits per heavy atom. The van der Waals surface area contributed by atoms with E-state index in [-0.39, 0.29) is 28.1 Å². The van der Waals surface area contributed by atoms with Gasteiger partial charge in [0.1, 0.15) is 5.76 Å². The second-order valence-corrected chi connectivity index (χ2v) is 6.40. The zero-order valence-corrected chi connectivity index (χ0v) is 12.5. The van der Waals surface area contributed by atoms with E-state index < -0.39 is 0 Å². The summed E-state index contributed by atoms with van der Waals surface area (Å²) in [4.78, 5) is 15.6. The van der Waals surface area contributed by atoms with E-state index >= 15 is 0 Å². The Morgan fingerprint density at radius 3 is 2.47 bits per heavy atom. The quantitative estimate of drug-likeness (QED) is 0.871. The predicted octanol–water partition coefficient (Wildman–Crippen LogP) is 3.33. The number of amides is 1. The molecule has 0 unspecified atom stereocenters. The monoisotopic (exact) mass is 302 g/mol. The summed E-state index contributed by atoms with van der Waals surface area (Å²) in [6, 6.07) is 0.255. The molecule has 4 nitrogen and oxygen atoms in total. The van der Waals surface area contributed by atoms with Crippen LogP contribution in [0.15, 0.2) is 10.6 Å². The molecule has 0 saturated heterocycles. The van der Waals surface area contributed by atoms with Crippen molar-refractivity contribution < 1.29 is 9.21 Å². The van der Waals surface area contributed by atoms with Gasteiger partial charge >= 0.3 is 6.01 Å². The molecule has 1 amide bonds. The minimum atomic E-state index is -0.243. The van der Waals surface area contributed by atoms with Crippen molar-refractivity contribution in [3.8, 4) is 0 Å². The zero-order chi connectivity index (χ0) is 13.2. The number of nitrogens with one attached hydrogen (secondary N) is 1. The van der Waals surface area contributed by atoms with Gasteiger partial charge in [0, 0.05) is 5.41 Å². The van der Waals surface area contributed by atoms with Crippen LogP contribution >= 0.6 is 15.9 Å². The lowest BCUT2D eigenvalue weighted by atomic mass is 9.94. The molecule has 1 N–H and O–H groups in total. The standard InChI is InChI=1S/C12H19BrN2O2/c1-7(2)9(13)10(16)15-11-14-6-8(17-11)12(3,4)5/h6-7,9H,1-5H3,(H,14,15,16)/t9-/m1/s1. The van der Waals surface area contributed by atoms with E-state index in [2.05, 4.69) is 26.2 Å². The lowest BCUT2D eigenvalue weighted by Crippen LogP contribution is -2.27. The summed E-state index contributed by atoms with van der Waals surface area (Å²) in [7, 11) is 0. The fourth-order valence-corrected chi connectivity index (χ4v) is 1.27. The number of oxazole rings is 1. The van der Waals surface area contributed by atoms with Crippen molar-refractivity contribution in [2.45, 2.75) is 44.9 Å². The first-order valence-electron chi connectivity index (χ1n) is 5.63. The van der Waals surface area contributed by atoms with Gasteiger partial charge in [-0.15, -0.1) is 0 Å². The fourth-order valence-electron chi connectivity index (χ4n) is 1.16. The Kier molecular flexibility index (Phi) is 4.36. The normalized spacial score (nSPS) is 13.8. The predicted molar refractivity (Wildman–Crippen MR) is 71.4 cm³/mol. The van der Waals surface area contributed by atoms with Gasteiger partial charge in [0.2, 0.25) is 5.91 Å². The highest BCUT2D eigenvalue weighted by atomic mass is 79.9. The summed E-state index contributed by atoms with van der Waals surface area (Å²) < 4.78 is 5.48. The molecule has 0 spiro atoms. The molecule has 0 fully saturated rings. The van der Waals surface area contributed by atoms with Crippen molar-refractivity contribution in [1.82, 2.24) is 4.98 Å². The summed E-state index contributed by atoms with van der Waals surface area (Å²) in [5, 5.41) is 2.65. The molecule has 0 aromatic carbocycles. The van der Waals surface area contributed by atoms with Crippen molar-refractivity contribution in [2.24, 2.45) is 5.92 Å². The number of aromatic nitrogens is 1. The second kappa shape index (κ2) is 5.21. The first-order valence-corrected chi connectivity index (χ1v) is 6.54. The van der Waals surface area contributed by atoms with Gasteiger partial charge < -0.3 is 4.42 Å². The number of hydrogen-bond donors (Lipinski definition) is 1. The van der Waals surface area contributed by atoms with E-state index in [4.69, 9.17) is 4.42 Å². The van der Waals surface area contributed by atoms with Crippen molar-refractivity contribution >= 4 is 27.9 Å². The third-order valence-electron chi connectivity index (χ3n) is 2.31. The highest BCUT2D eigenvalue weighted by Gasteiger charge is 2.23. The van der Waals surface area contributed by atoms with Crippen LogP contribution in [0.1, 0.15) is 40.4 Å². The zero-order valence-electron chi connectivity index (χ0n) is 10.9. The highest BCUT2D eigenvalue weighted by molar-refractivity contribution is 9.10. The molecule has 0 radical (unpaired) electrons. The molecule has 1 atom stereocenters. The van der Waals surface area contributed by atoms with Crippen LogP contribution in [0.2, 0.25) is 0 Å². The number of hydrogen-bond acceptors (Lipinski definition) is 3. The lowest BCUT2D eigenvalue weighted by Gasteiger charge is -2.14. The number of carbonyl (C=O) groups is 1. The van der Waals surface area contributed by atoms with Crippen LogP contribution in [-0.2, 0) is 10.2 Å². The summed E-state index contributed by atoms with van der Waals surface area (Å²) >= 11 is 3.33. The lowest BCUT2D eigenvalue weighted by molar-refractivity contribution is -0.116. The highest BCUT2D eigenvalue weighted by Crippen LogP contribution is 2.24. The van der Waals surface area contributed by atoms with E-state index in [9.17, 15) is 4.79 Å². The van der Waals surface area contributed by atoms with Crippen LogP contribution in [0.3, 0.4) is 0 Å². The van der Waals surface area contributed by atoms with Crippen molar-refractivity contribution in [3.05, 3.63) is 12.0 Å². The number of alkyl halides is 1. The minimum absolute atomic E-state index is 0.109. The smallest absolute Gasteiger partial charge is 0.301 e. The van der Waals surface area contributed by atoms with Crippen LogP contribution in [0, 0.1) is 5.92 Å². The van der Waals surface area contributed by atoms with Crippen LogP contribution in [-0.4, -0.2) is 15.7 Å². The average Bonchev–Trinajstić information content (AvgIpc) is 2.64. The Labute approximate surface area is 110 Å². The van der Waals surface area contributed by atoms with Crippen molar-refractivity contribution in [1.29, 1.82) is 0 Å². The number of carbonyl (C=O) groups excluding carboxylic acids is 1. The fraction of sp³-hybridized carbons (Fsp3) is 0.667. The molecule has 17 heavy (non-hydrogen) atoms. The topological polar surface area (TPSA) is 55.1 Å². The van der Waals surface area contributed by atoms with Crippen molar-refractivity contribution in [3.63, 3.8) is 0 Å². The van der Waals surface area contributed by atoms with Gasteiger partial charge in [0.05, 0.1) is 11.0 Å². The summed E-state index contributed by atoms with van der Waals surface area (Å²) in [5.74, 6) is 0.831. The number of halogens is 1. The van der Waals surface area contributed by atoms with Crippen LogP contribution in [0.4, 0.5) is 6.01 Å². The van der Waals surface area contributed by atoms with Gasteiger partial charge in [-0.25, -0.2) is 4.98 Å². The maximum absolute atomic E-state index is 11.8. The number of rotatable bonds is 3. The molecule has 0 aliphatic rings. The molecule has 5 heteroatoms. The molecule has 96 valence electrons. The van der Waals surface area contributed by atoms with E-state index in [0.29, 0.717) is 0 Å². The first kappa shape index (κ1) is 14.2. The van der Waals surface area contributed by atoms with Crippen LogP contribution in [0.5, 0.6) is 0 Å². The van der Waals surface area contributed by atoms with Gasteiger partial charge in [-0.05, 0) is 5.92 Å². The first-order chi connectivity index (χ1) is 7.71. The summed E-state index contributed by atoms with van der Waals surface area (Å²) in [5.41, 5.74) is -0.109. The Morgan fingerprint density at radius 1 is 1.47 bits per heavy atom. The summed E-state index contributed by atoms with van der Waals surface area (Å²) in [6.07, 6.45) is 1.65. The number of nitrogens with zero attached hydrogens (tertiary/aromatic N) is 1. The van der Waals surface area contributed by atoms with E-state index in [1.54, 1.807) is 6.20 Å². The van der Waals surface area contributed by atoms with Gasteiger partial charge in [0.15, 0.2) is 0 Å². The van der Waals surface area contributed by atoms with Crippen molar-refractivity contribution in [2.75, 3.05) is 5.32 Å². The van der Waals surface area contributed by atoms with E-state index in [0.717, 1.165) is 5.76 Å². The van der Waals surface area contributed by atoms with Crippen LogP contribution < -0.4 is 5.32 Å². The average molecular weight is 303 g/mol. The SMILES string of the molecule is CC(C)[C@@H](Br)C(=O)Nc1ncc(C(C)(C)C)o1. The van der Waals surface area contributed by atoms with Gasteiger partial charge in [-0.1, -0.05) is 50.5 Å². The molecule has 1 heterocycles. The Balaban J connectivity index is 2.71. The van der Waals surface area contributed by atoms with Gasteiger partial charge in [-0.2, -0.15) is 0 Å². The van der Waals surface area contributed by atoms with Gasteiger partial charge in [0.25, 0.3) is 0 Å². The summed E-state index contributed by atoms with van der Waals surface area (Å²) in [6.45, 7) is 10.0. The molecule has 1 aromatic rings. The van der Waals surface area contributed by atoms with E-state index in [1.165, 1.54) is 0 Å². The maximum atomic E-state index is 11.8.